The Labute approximate surface area is 172 Å². The Morgan fingerprint density at radius 1 is 0.414 bits per heavy atom. The van der Waals surface area contributed by atoms with Gasteiger partial charge in [-0.3, -0.25) is 0 Å². The maximum Gasteiger partial charge on any atom is -0.00132 e. The fraction of sp³-hybridized carbons (Fsp3) is 0.0345. The van der Waals surface area contributed by atoms with Crippen molar-refractivity contribution in [3.8, 4) is 22.3 Å². The molecular formula is C29H22. The molecule has 0 aliphatic rings. The van der Waals surface area contributed by atoms with Crippen LogP contribution in [-0.2, 0) is 6.42 Å². The molecule has 29 heavy (non-hydrogen) atoms. The van der Waals surface area contributed by atoms with Crippen LogP contribution in [0.1, 0.15) is 11.1 Å². The zero-order valence-corrected chi connectivity index (χ0v) is 16.3. The maximum atomic E-state index is 2.27. The summed E-state index contributed by atoms with van der Waals surface area (Å²) in [4.78, 5) is 0. The first-order valence-electron chi connectivity index (χ1n) is 10.1. The van der Waals surface area contributed by atoms with Gasteiger partial charge in [-0.1, -0.05) is 121 Å². The second-order valence-corrected chi connectivity index (χ2v) is 7.39. The lowest BCUT2D eigenvalue weighted by Crippen LogP contribution is -1.96. The predicted octanol–water partition coefficient (Wildman–Crippen LogP) is 7.76. The fourth-order valence-corrected chi connectivity index (χ4v) is 4.20. The highest BCUT2D eigenvalue weighted by Crippen LogP contribution is 2.36. The van der Waals surface area contributed by atoms with Gasteiger partial charge in [-0.15, -0.1) is 0 Å². The Bertz CT molecular complexity index is 1250. The molecule has 5 aromatic carbocycles. The molecular weight excluding hydrogens is 348 g/mol. The van der Waals surface area contributed by atoms with Crippen molar-refractivity contribution >= 4 is 10.8 Å². The minimum Gasteiger partial charge on any atom is -0.0622 e. The standard InChI is InChI=1S/C29H22/c1-3-11-23(12-4-1)28-20-10-18-26(29(28)24-14-5-2-6-15-24)21-25-17-9-16-22-13-7-8-19-27(22)25/h1-20H,21H2. The van der Waals surface area contributed by atoms with E-state index >= 15 is 0 Å². The summed E-state index contributed by atoms with van der Waals surface area (Å²) < 4.78 is 0. The van der Waals surface area contributed by atoms with Gasteiger partial charge in [0.25, 0.3) is 0 Å². The van der Waals surface area contributed by atoms with Crippen molar-refractivity contribution < 1.29 is 0 Å². The number of hydrogen-bond donors (Lipinski definition) is 0. The van der Waals surface area contributed by atoms with Gasteiger partial charge in [0.2, 0.25) is 0 Å². The van der Waals surface area contributed by atoms with E-state index in [4.69, 9.17) is 0 Å². The molecule has 0 aliphatic heterocycles. The lowest BCUT2D eigenvalue weighted by Gasteiger charge is -2.17. The van der Waals surface area contributed by atoms with E-state index in [0.717, 1.165) is 6.42 Å². The molecule has 0 nitrogen and oxygen atoms in total. The van der Waals surface area contributed by atoms with Gasteiger partial charge in [0.05, 0.1) is 0 Å². The number of rotatable bonds is 4. The molecule has 0 heteroatoms. The van der Waals surface area contributed by atoms with Crippen molar-refractivity contribution in [1.29, 1.82) is 0 Å². The molecule has 0 unspecified atom stereocenters. The number of benzene rings is 5. The average Bonchev–Trinajstić information content (AvgIpc) is 2.80. The highest BCUT2D eigenvalue weighted by Gasteiger charge is 2.13. The molecule has 0 radical (unpaired) electrons. The Balaban J connectivity index is 1.71. The highest BCUT2D eigenvalue weighted by atomic mass is 14.2. The average molecular weight is 370 g/mol. The summed E-state index contributed by atoms with van der Waals surface area (Å²) in [5, 5.41) is 2.63. The monoisotopic (exact) mass is 370 g/mol. The Hall–Kier alpha value is -3.64. The summed E-state index contributed by atoms with van der Waals surface area (Å²) in [7, 11) is 0. The van der Waals surface area contributed by atoms with Gasteiger partial charge in [0.15, 0.2) is 0 Å². The van der Waals surface area contributed by atoms with Gasteiger partial charge in [-0.05, 0) is 50.6 Å². The van der Waals surface area contributed by atoms with Crippen LogP contribution in [-0.4, -0.2) is 0 Å². The molecule has 0 fully saturated rings. The van der Waals surface area contributed by atoms with E-state index < -0.39 is 0 Å². The molecule has 0 aromatic heterocycles. The maximum absolute atomic E-state index is 2.27. The molecule has 0 saturated heterocycles. The van der Waals surface area contributed by atoms with Crippen LogP contribution in [0.2, 0.25) is 0 Å². The first-order chi connectivity index (χ1) is 14.4. The molecule has 0 spiro atoms. The predicted molar refractivity (Wildman–Crippen MR) is 124 cm³/mol. The summed E-state index contributed by atoms with van der Waals surface area (Å²) in [5.74, 6) is 0. The summed E-state index contributed by atoms with van der Waals surface area (Å²) in [6.45, 7) is 0. The van der Waals surface area contributed by atoms with Crippen molar-refractivity contribution in [2.24, 2.45) is 0 Å². The van der Waals surface area contributed by atoms with E-state index in [-0.39, 0.29) is 0 Å². The van der Waals surface area contributed by atoms with Crippen LogP contribution < -0.4 is 0 Å². The third kappa shape index (κ3) is 3.46. The normalized spacial score (nSPS) is 10.9. The zero-order chi connectivity index (χ0) is 19.5. The topological polar surface area (TPSA) is 0 Å². The second-order valence-electron chi connectivity index (χ2n) is 7.39. The van der Waals surface area contributed by atoms with Gasteiger partial charge in [-0.2, -0.15) is 0 Å². The third-order valence-electron chi connectivity index (χ3n) is 5.56. The van der Waals surface area contributed by atoms with Crippen LogP contribution in [0.15, 0.2) is 121 Å². The van der Waals surface area contributed by atoms with Crippen LogP contribution in [0.25, 0.3) is 33.0 Å². The first kappa shape index (κ1) is 17.5. The van der Waals surface area contributed by atoms with E-state index in [0.29, 0.717) is 0 Å². The second kappa shape index (κ2) is 7.77. The largest absolute Gasteiger partial charge is 0.0622 e. The fourth-order valence-electron chi connectivity index (χ4n) is 4.20. The molecule has 0 amide bonds. The van der Waals surface area contributed by atoms with E-state index in [1.54, 1.807) is 0 Å². The van der Waals surface area contributed by atoms with Gasteiger partial charge in [-0.25, -0.2) is 0 Å². The first-order valence-corrected chi connectivity index (χ1v) is 10.1. The molecule has 5 aromatic rings. The van der Waals surface area contributed by atoms with Gasteiger partial charge in [0.1, 0.15) is 0 Å². The smallest absolute Gasteiger partial charge is 0.00132 e. The lowest BCUT2D eigenvalue weighted by atomic mass is 9.87. The lowest BCUT2D eigenvalue weighted by molar-refractivity contribution is 1.22. The quantitative estimate of drug-likeness (QED) is 0.303. The Kier molecular flexibility index (Phi) is 4.68. The summed E-state index contributed by atoms with van der Waals surface area (Å²) in [5.41, 5.74) is 7.86. The molecule has 0 saturated carbocycles. The third-order valence-corrected chi connectivity index (χ3v) is 5.56. The molecule has 0 atom stereocenters. The molecule has 0 bridgehead atoms. The van der Waals surface area contributed by atoms with Crippen LogP contribution in [0, 0.1) is 0 Å². The Morgan fingerprint density at radius 3 is 1.79 bits per heavy atom. The van der Waals surface area contributed by atoms with Crippen molar-refractivity contribution in [3.63, 3.8) is 0 Å². The van der Waals surface area contributed by atoms with Gasteiger partial charge in [0, 0.05) is 0 Å². The number of hydrogen-bond acceptors (Lipinski definition) is 0. The van der Waals surface area contributed by atoms with Gasteiger partial charge >= 0.3 is 0 Å². The van der Waals surface area contributed by atoms with E-state index in [1.165, 1.54) is 44.2 Å². The van der Waals surface area contributed by atoms with Crippen LogP contribution in [0.3, 0.4) is 0 Å². The minimum atomic E-state index is 0.909. The molecule has 5 rings (SSSR count). The zero-order valence-electron chi connectivity index (χ0n) is 16.3. The molecule has 0 aliphatic carbocycles. The SMILES string of the molecule is c1ccc(-c2cccc(Cc3cccc4ccccc34)c2-c2ccccc2)cc1. The van der Waals surface area contributed by atoms with Crippen molar-refractivity contribution in [2.75, 3.05) is 0 Å². The van der Waals surface area contributed by atoms with Gasteiger partial charge < -0.3 is 0 Å². The Morgan fingerprint density at radius 2 is 1.00 bits per heavy atom. The van der Waals surface area contributed by atoms with Crippen LogP contribution in [0.4, 0.5) is 0 Å². The van der Waals surface area contributed by atoms with E-state index in [2.05, 4.69) is 121 Å². The van der Waals surface area contributed by atoms with Crippen molar-refractivity contribution in [3.05, 3.63) is 132 Å². The van der Waals surface area contributed by atoms with Crippen LogP contribution >= 0.6 is 0 Å². The molecule has 0 N–H and O–H groups in total. The molecule has 0 heterocycles. The van der Waals surface area contributed by atoms with E-state index in [9.17, 15) is 0 Å². The minimum absolute atomic E-state index is 0.909. The van der Waals surface area contributed by atoms with E-state index in [1.807, 2.05) is 0 Å². The summed E-state index contributed by atoms with van der Waals surface area (Å²) in [6.07, 6.45) is 0.909. The van der Waals surface area contributed by atoms with Crippen molar-refractivity contribution in [2.45, 2.75) is 6.42 Å². The van der Waals surface area contributed by atoms with Crippen LogP contribution in [0.5, 0.6) is 0 Å². The van der Waals surface area contributed by atoms with Crippen molar-refractivity contribution in [1.82, 2.24) is 0 Å². The molecule has 138 valence electrons. The summed E-state index contributed by atoms with van der Waals surface area (Å²) in [6, 6.07) is 43.4. The number of fused-ring (bicyclic) bond motifs is 1. The summed E-state index contributed by atoms with van der Waals surface area (Å²) >= 11 is 0. The highest BCUT2D eigenvalue weighted by molar-refractivity contribution is 5.88.